The predicted molar refractivity (Wildman–Crippen MR) is 27.7 cm³/mol. The number of allylic oxidation sites excluding steroid dienone is 1. The molecule has 38 valence electrons. The van der Waals surface area contributed by atoms with E-state index >= 15 is 0 Å². The molecule has 0 amide bonds. The second-order valence-corrected chi connectivity index (χ2v) is 1.25. The molecule has 0 fully saturated rings. The third kappa shape index (κ3) is 0.940. The van der Waals surface area contributed by atoms with Gasteiger partial charge in [-0.15, -0.1) is 0 Å². The van der Waals surface area contributed by atoms with Crippen molar-refractivity contribution in [2.45, 2.75) is 0 Å². The molecule has 3 heteroatoms. The predicted octanol–water partition coefficient (Wildman–Crippen LogP) is -0.374. The maximum Gasteiger partial charge on any atom is 0.0448 e. The van der Waals surface area contributed by atoms with Gasteiger partial charge in [-0.3, -0.25) is 0 Å². The highest BCUT2D eigenvalue weighted by molar-refractivity contribution is 5.12. The smallest absolute Gasteiger partial charge is 0.0448 e. The van der Waals surface area contributed by atoms with E-state index in [1.54, 1.807) is 6.20 Å². The van der Waals surface area contributed by atoms with Crippen LogP contribution < -0.4 is 16.4 Å². The van der Waals surface area contributed by atoms with Crippen molar-refractivity contribution in [3.05, 3.63) is 24.6 Å². The van der Waals surface area contributed by atoms with Gasteiger partial charge in [0.05, 0.1) is 0 Å². The fourth-order valence-electron chi connectivity index (χ4n) is 0.342. The number of hydrogen-bond acceptors (Lipinski definition) is 3. The van der Waals surface area contributed by atoms with Crippen LogP contribution in [0.2, 0.25) is 0 Å². The largest absolute Gasteiger partial charge is 0.311 e. The van der Waals surface area contributed by atoms with Crippen molar-refractivity contribution in [2.24, 2.45) is 0 Å². The molecule has 1 aliphatic rings. The van der Waals surface area contributed by atoms with Crippen molar-refractivity contribution >= 4 is 0 Å². The van der Waals surface area contributed by atoms with Crippen molar-refractivity contribution in [1.82, 2.24) is 16.4 Å². The minimum atomic E-state index is 0.860. The van der Waals surface area contributed by atoms with Gasteiger partial charge in [-0.25, -0.2) is 0 Å². The summed E-state index contributed by atoms with van der Waals surface area (Å²) in [5.41, 5.74) is 8.96. The highest BCUT2D eigenvalue weighted by Crippen LogP contribution is 1.83. The summed E-state index contributed by atoms with van der Waals surface area (Å²) in [4.78, 5) is 0. The molecular weight excluding hydrogens is 90.1 g/mol. The topological polar surface area (TPSA) is 36.1 Å². The molecule has 3 nitrogen and oxygen atoms in total. The van der Waals surface area contributed by atoms with Gasteiger partial charge >= 0.3 is 0 Å². The van der Waals surface area contributed by atoms with E-state index in [-0.39, 0.29) is 0 Å². The monoisotopic (exact) mass is 97.1 g/mol. The fraction of sp³-hybridized carbons (Fsp3) is 0. The van der Waals surface area contributed by atoms with E-state index in [1.807, 2.05) is 6.08 Å². The Morgan fingerprint density at radius 3 is 2.71 bits per heavy atom. The minimum Gasteiger partial charge on any atom is -0.311 e. The van der Waals surface area contributed by atoms with Crippen LogP contribution in [0.25, 0.3) is 0 Å². The van der Waals surface area contributed by atoms with Gasteiger partial charge in [-0.05, 0) is 6.08 Å². The van der Waals surface area contributed by atoms with Crippen LogP contribution in [0.1, 0.15) is 0 Å². The van der Waals surface area contributed by atoms with Gasteiger partial charge in [-0.1, -0.05) is 6.58 Å². The molecule has 0 aromatic carbocycles. The Balaban J connectivity index is 2.51. The van der Waals surface area contributed by atoms with E-state index in [9.17, 15) is 0 Å². The zero-order chi connectivity index (χ0) is 5.11. The molecule has 0 unspecified atom stereocenters. The number of rotatable bonds is 0. The summed E-state index contributed by atoms with van der Waals surface area (Å²) in [5, 5.41) is 0. The minimum absolute atomic E-state index is 0.860. The fourth-order valence-corrected chi connectivity index (χ4v) is 0.342. The van der Waals surface area contributed by atoms with Crippen LogP contribution in [0, 0.1) is 0 Å². The summed E-state index contributed by atoms with van der Waals surface area (Å²) in [7, 11) is 0. The molecule has 0 aromatic rings. The molecular formula is C4H7N3. The Morgan fingerprint density at radius 2 is 2.43 bits per heavy atom. The first-order valence-electron chi connectivity index (χ1n) is 2.01. The summed E-state index contributed by atoms with van der Waals surface area (Å²) in [5.74, 6) is 0. The van der Waals surface area contributed by atoms with Crippen LogP contribution in [-0.4, -0.2) is 0 Å². The van der Waals surface area contributed by atoms with Gasteiger partial charge in [0.15, 0.2) is 0 Å². The van der Waals surface area contributed by atoms with Crippen molar-refractivity contribution in [3.63, 3.8) is 0 Å². The molecule has 0 spiro atoms. The second-order valence-electron chi connectivity index (χ2n) is 1.25. The lowest BCUT2D eigenvalue weighted by molar-refractivity contribution is 0.535. The van der Waals surface area contributed by atoms with Gasteiger partial charge in [0, 0.05) is 11.9 Å². The Hall–Kier alpha value is -0.960. The van der Waals surface area contributed by atoms with Crippen LogP contribution in [-0.2, 0) is 0 Å². The average Bonchev–Trinajstić information content (AvgIpc) is 1.69. The van der Waals surface area contributed by atoms with Gasteiger partial charge in [0.2, 0.25) is 0 Å². The Bertz CT molecular complexity index is 106. The summed E-state index contributed by atoms with van der Waals surface area (Å²) in [6.07, 6.45) is 3.59. The van der Waals surface area contributed by atoms with Gasteiger partial charge in [-0.2, -0.15) is 5.53 Å². The molecule has 0 saturated heterocycles. The molecule has 0 aliphatic carbocycles. The molecule has 0 atom stereocenters. The average molecular weight is 97.1 g/mol. The maximum absolute atomic E-state index is 3.61. The van der Waals surface area contributed by atoms with Crippen molar-refractivity contribution in [1.29, 1.82) is 0 Å². The van der Waals surface area contributed by atoms with Crippen LogP contribution in [0.5, 0.6) is 0 Å². The third-order valence-corrected chi connectivity index (χ3v) is 0.663. The summed E-state index contributed by atoms with van der Waals surface area (Å²) >= 11 is 0. The van der Waals surface area contributed by atoms with E-state index < -0.39 is 0 Å². The lowest BCUT2D eigenvalue weighted by Gasteiger charge is -2.11. The van der Waals surface area contributed by atoms with Crippen LogP contribution in [0.4, 0.5) is 0 Å². The van der Waals surface area contributed by atoms with E-state index in [0.29, 0.717) is 0 Å². The molecule has 1 rings (SSSR count). The lowest BCUT2D eigenvalue weighted by atomic mass is 10.5. The Morgan fingerprint density at radius 1 is 1.57 bits per heavy atom. The van der Waals surface area contributed by atoms with Crippen LogP contribution in [0.15, 0.2) is 24.6 Å². The lowest BCUT2D eigenvalue weighted by Crippen LogP contribution is -2.41. The first-order chi connectivity index (χ1) is 3.39. The van der Waals surface area contributed by atoms with E-state index in [0.717, 1.165) is 5.70 Å². The Kier molecular flexibility index (Phi) is 0.997. The normalized spacial score (nSPS) is 18.0. The molecule has 7 heavy (non-hydrogen) atoms. The molecule has 3 N–H and O–H groups in total. The SMILES string of the molecule is C=C1C=CNNN1. The zero-order valence-electron chi connectivity index (χ0n) is 3.86. The summed E-state index contributed by atoms with van der Waals surface area (Å²) in [6, 6.07) is 0. The molecule has 0 saturated carbocycles. The standard InChI is InChI=1S/C4H7N3/c1-4-2-3-5-7-6-4/h2-3,5-7H,1H2. The van der Waals surface area contributed by atoms with Crippen LogP contribution in [0.3, 0.4) is 0 Å². The van der Waals surface area contributed by atoms with E-state index in [2.05, 4.69) is 23.0 Å². The first kappa shape index (κ1) is 4.21. The highest BCUT2D eigenvalue weighted by Gasteiger charge is 1.86. The molecule has 1 heterocycles. The maximum atomic E-state index is 3.61. The highest BCUT2D eigenvalue weighted by atomic mass is 15.6. The van der Waals surface area contributed by atoms with Crippen molar-refractivity contribution in [3.8, 4) is 0 Å². The van der Waals surface area contributed by atoms with Crippen LogP contribution >= 0.6 is 0 Å². The summed E-state index contributed by atoms with van der Waals surface area (Å²) < 4.78 is 0. The third-order valence-electron chi connectivity index (χ3n) is 0.663. The number of hydrazine groups is 2. The zero-order valence-corrected chi connectivity index (χ0v) is 3.86. The van der Waals surface area contributed by atoms with E-state index in [4.69, 9.17) is 0 Å². The molecule has 1 aliphatic heterocycles. The van der Waals surface area contributed by atoms with Gasteiger partial charge in [0.1, 0.15) is 0 Å². The quantitative estimate of drug-likeness (QED) is 0.386. The van der Waals surface area contributed by atoms with E-state index in [1.165, 1.54) is 0 Å². The van der Waals surface area contributed by atoms with Crippen molar-refractivity contribution in [2.75, 3.05) is 0 Å². The molecule has 0 aromatic heterocycles. The Labute approximate surface area is 42.0 Å². The first-order valence-corrected chi connectivity index (χ1v) is 2.01. The molecule has 0 bridgehead atoms. The van der Waals surface area contributed by atoms with Gasteiger partial charge < -0.3 is 10.9 Å². The van der Waals surface area contributed by atoms with Gasteiger partial charge in [0.25, 0.3) is 0 Å². The molecule has 0 radical (unpaired) electrons. The second kappa shape index (κ2) is 1.66. The number of nitrogens with one attached hydrogen (secondary N) is 3. The summed E-state index contributed by atoms with van der Waals surface area (Å²) in [6.45, 7) is 3.61. The van der Waals surface area contributed by atoms with Crippen molar-refractivity contribution < 1.29 is 0 Å². The number of hydrogen-bond donors (Lipinski definition) is 3.